The van der Waals surface area contributed by atoms with Crippen molar-refractivity contribution < 1.29 is 9.59 Å². The maximum absolute atomic E-state index is 12.2. The molecule has 2 amide bonds. The molecule has 0 aromatic rings. The molecule has 1 N–H and O–H groups in total. The Balaban J connectivity index is 2.24. The minimum atomic E-state index is -0.528. The van der Waals surface area contributed by atoms with Gasteiger partial charge in [0, 0.05) is 12.3 Å². The number of hydrogen-bond acceptors (Lipinski definition) is 3. The van der Waals surface area contributed by atoms with E-state index in [1.807, 2.05) is 11.2 Å². The third kappa shape index (κ3) is 2.05. The first kappa shape index (κ1) is 12.7. The first-order valence-corrected chi connectivity index (χ1v) is 7.62. The van der Waals surface area contributed by atoms with Gasteiger partial charge in [0.15, 0.2) is 0 Å². The number of amides is 2. The summed E-state index contributed by atoms with van der Waals surface area (Å²) in [5.41, 5.74) is -0.528. The molecule has 1 aliphatic carbocycles. The van der Waals surface area contributed by atoms with Gasteiger partial charge in [-0.15, -0.1) is 0 Å². The van der Waals surface area contributed by atoms with Crippen LogP contribution in [0, 0.1) is 0 Å². The zero-order valence-corrected chi connectivity index (χ0v) is 11.3. The van der Waals surface area contributed by atoms with Gasteiger partial charge in [-0.1, -0.05) is 12.8 Å². The van der Waals surface area contributed by atoms with E-state index < -0.39 is 5.54 Å². The zero-order valence-electron chi connectivity index (χ0n) is 10.5. The number of thioether (sulfide) groups is 1. The van der Waals surface area contributed by atoms with Gasteiger partial charge in [0.1, 0.15) is 11.6 Å². The Morgan fingerprint density at radius 3 is 2.65 bits per heavy atom. The lowest BCUT2D eigenvalue weighted by Crippen LogP contribution is -2.69. The van der Waals surface area contributed by atoms with Crippen molar-refractivity contribution >= 4 is 23.6 Å². The standard InChI is InChI=1S/C12H20N2O2S/c1-9-10(15)14(7-8-17-2)12(11(16)13-9)5-3-4-6-12/h9H,3-8H2,1-2H3,(H,13,16). The van der Waals surface area contributed by atoms with Crippen LogP contribution in [0.2, 0.25) is 0 Å². The van der Waals surface area contributed by atoms with E-state index in [2.05, 4.69) is 5.32 Å². The molecule has 1 unspecified atom stereocenters. The van der Waals surface area contributed by atoms with Crippen LogP contribution in [0.3, 0.4) is 0 Å². The van der Waals surface area contributed by atoms with Gasteiger partial charge >= 0.3 is 0 Å². The Morgan fingerprint density at radius 2 is 2.06 bits per heavy atom. The quantitative estimate of drug-likeness (QED) is 0.820. The monoisotopic (exact) mass is 256 g/mol. The van der Waals surface area contributed by atoms with Crippen LogP contribution in [0.5, 0.6) is 0 Å². The summed E-state index contributed by atoms with van der Waals surface area (Å²) in [4.78, 5) is 26.3. The van der Waals surface area contributed by atoms with E-state index in [1.54, 1.807) is 18.7 Å². The van der Waals surface area contributed by atoms with Crippen LogP contribution in [-0.4, -0.2) is 46.8 Å². The first-order valence-electron chi connectivity index (χ1n) is 6.23. The van der Waals surface area contributed by atoms with E-state index in [-0.39, 0.29) is 17.9 Å². The van der Waals surface area contributed by atoms with Crippen molar-refractivity contribution in [3.05, 3.63) is 0 Å². The van der Waals surface area contributed by atoms with E-state index in [1.165, 1.54) is 0 Å². The van der Waals surface area contributed by atoms with Gasteiger partial charge in [0.25, 0.3) is 0 Å². The fourth-order valence-corrected chi connectivity index (χ4v) is 3.29. The summed E-state index contributed by atoms with van der Waals surface area (Å²) in [5.74, 6) is 1.04. The van der Waals surface area contributed by atoms with Crippen LogP contribution in [0.4, 0.5) is 0 Å². The topological polar surface area (TPSA) is 49.4 Å². The normalized spacial score (nSPS) is 27.6. The highest BCUT2D eigenvalue weighted by Crippen LogP contribution is 2.38. The fourth-order valence-electron chi connectivity index (χ4n) is 2.92. The molecule has 1 heterocycles. The maximum atomic E-state index is 12.2. The molecule has 4 nitrogen and oxygen atoms in total. The lowest BCUT2D eigenvalue weighted by Gasteiger charge is -2.45. The number of piperazine rings is 1. The Labute approximate surface area is 106 Å². The number of rotatable bonds is 3. The average molecular weight is 256 g/mol. The van der Waals surface area contributed by atoms with Crippen molar-refractivity contribution in [2.24, 2.45) is 0 Å². The average Bonchev–Trinajstić information content (AvgIpc) is 2.77. The number of nitrogens with zero attached hydrogens (tertiary/aromatic N) is 1. The Morgan fingerprint density at radius 1 is 1.41 bits per heavy atom. The highest BCUT2D eigenvalue weighted by atomic mass is 32.2. The van der Waals surface area contributed by atoms with Gasteiger partial charge in [-0.3, -0.25) is 9.59 Å². The van der Waals surface area contributed by atoms with E-state index in [0.717, 1.165) is 31.4 Å². The second-order valence-electron chi connectivity index (χ2n) is 4.92. The summed E-state index contributed by atoms with van der Waals surface area (Å²) in [5, 5.41) is 2.83. The zero-order chi connectivity index (χ0) is 12.5. The maximum Gasteiger partial charge on any atom is 0.246 e. The summed E-state index contributed by atoms with van der Waals surface area (Å²) >= 11 is 1.72. The third-order valence-electron chi connectivity index (χ3n) is 3.87. The molecule has 2 fully saturated rings. The summed E-state index contributed by atoms with van der Waals surface area (Å²) in [6.07, 6.45) is 5.77. The largest absolute Gasteiger partial charge is 0.343 e. The highest BCUT2D eigenvalue weighted by molar-refractivity contribution is 7.98. The highest BCUT2D eigenvalue weighted by Gasteiger charge is 2.52. The van der Waals surface area contributed by atoms with Crippen LogP contribution >= 0.6 is 11.8 Å². The van der Waals surface area contributed by atoms with E-state index in [9.17, 15) is 9.59 Å². The summed E-state index contributed by atoms with van der Waals surface area (Å²) in [7, 11) is 0. The number of carbonyl (C=O) groups is 2. The van der Waals surface area contributed by atoms with Crippen molar-refractivity contribution in [1.29, 1.82) is 0 Å². The van der Waals surface area contributed by atoms with Gasteiger partial charge in [-0.2, -0.15) is 11.8 Å². The molecular formula is C12H20N2O2S. The first-order chi connectivity index (χ1) is 8.12. The van der Waals surface area contributed by atoms with Crippen molar-refractivity contribution in [2.45, 2.75) is 44.2 Å². The predicted molar refractivity (Wildman–Crippen MR) is 68.9 cm³/mol. The summed E-state index contributed by atoms with van der Waals surface area (Å²) in [6.45, 7) is 2.46. The summed E-state index contributed by atoms with van der Waals surface area (Å²) < 4.78 is 0. The molecule has 17 heavy (non-hydrogen) atoms. The number of nitrogens with one attached hydrogen (secondary N) is 1. The van der Waals surface area contributed by atoms with Crippen LogP contribution in [0.1, 0.15) is 32.6 Å². The van der Waals surface area contributed by atoms with Gasteiger partial charge in [-0.25, -0.2) is 0 Å². The van der Waals surface area contributed by atoms with Crippen LogP contribution in [-0.2, 0) is 9.59 Å². The lowest BCUT2D eigenvalue weighted by atomic mass is 9.90. The number of carbonyl (C=O) groups excluding carboxylic acids is 2. The van der Waals surface area contributed by atoms with Crippen molar-refractivity contribution in [1.82, 2.24) is 10.2 Å². The molecule has 2 aliphatic rings. The molecule has 1 aliphatic heterocycles. The molecule has 5 heteroatoms. The molecule has 1 spiro atoms. The number of hydrogen-bond donors (Lipinski definition) is 1. The minimum absolute atomic E-state index is 0.0585. The van der Waals surface area contributed by atoms with E-state index in [4.69, 9.17) is 0 Å². The summed E-state index contributed by atoms with van der Waals surface area (Å²) in [6, 6.07) is -0.365. The van der Waals surface area contributed by atoms with Gasteiger partial charge in [-0.05, 0) is 26.0 Å². The molecule has 0 bridgehead atoms. The smallest absolute Gasteiger partial charge is 0.246 e. The minimum Gasteiger partial charge on any atom is -0.343 e. The molecule has 0 radical (unpaired) electrons. The second-order valence-corrected chi connectivity index (χ2v) is 5.90. The molecule has 2 rings (SSSR count). The predicted octanol–water partition coefficient (Wildman–Crippen LogP) is 1.01. The van der Waals surface area contributed by atoms with Crippen LogP contribution in [0.25, 0.3) is 0 Å². The third-order valence-corrected chi connectivity index (χ3v) is 4.46. The molecule has 1 saturated carbocycles. The van der Waals surface area contributed by atoms with E-state index >= 15 is 0 Å². The van der Waals surface area contributed by atoms with Crippen LogP contribution < -0.4 is 5.32 Å². The molecule has 96 valence electrons. The van der Waals surface area contributed by atoms with Gasteiger partial charge in [0.05, 0.1) is 0 Å². The molecular weight excluding hydrogens is 236 g/mol. The molecule has 0 aromatic carbocycles. The van der Waals surface area contributed by atoms with Crippen molar-refractivity contribution in [2.75, 3.05) is 18.6 Å². The van der Waals surface area contributed by atoms with Gasteiger partial charge in [0.2, 0.25) is 11.8 Å². The Kier molecular flexibility index (Phi) is 3.66. The molecule has 1 atom stereocenters. The fraction of sp³-hybridized carbons (Fsp3) is 0.833. The van der Waals surface area contributed by atoms with Gasteiger partial charge < -0.3 is 10.2 Å². The lowest BCUT2D eigenvalue weighted by molar-refractivity contribution is -0.156. The Hall–Kier alpha value is -0.710. The SMILES string of the molecule is CSCCN1C(=O)C(C)NC(=O)C12CCCC2. The van der Waals surface area contributed by atoms with Crippen LogP contribution in [0.15, 0.2) is 0 Å². The second kappa shape index (κ2) is 4.88. The molecule has 1 saturated heterocycles. The van der Waals surface area contributed by atoms with E-state index in [0.29, 0.717) is 6.54 Å². The molecule has 0 aromatic heterocycles. The van der Waals surface area contributed by atoms with Crippen molar-refractivity contribution in [3.63, 3.8) is 0 Å². The Bertz CT molecular complexity index is 326. The van der Waals surface area contributed by atoms with Crippen molar-refractivity contribution in [3.8, 4) is 0 Å².